The summed E-state index contributed by atoms with van der Waals surface area (Å²) in [5.74, 6) is 0.506. The van der Waals surface area contributed by atoms with Crippen LogP contribution in [0.3, 0.4) is 0 Å². The Morgan fingerprint density at radius 3 is 2.47 bits per heavy atom. The van der Waals surface area contributed by atoms with Gasteiger partial charge in [-0.2, -0.15) is 0 Å². The molecule has 2 aromatic rings. The predicted octanol–water partition coefficient (Wildman–Crippen LogP) is 3.89. The molecular formula is C29H43N5O2. The highest BCUT2D eigenvalue weighted by Crippen LogP contribution is 2.34. The molecule has 1 aromatic carbocycles. The van der Waals surface area contributed by atoms with Crippen LogP contribution >= 0.6 is 0 Å². The number of piperazine rings is 1. The largest absolute Gasteiger partial charge is 0.342 e. The van der Waals surface area contributed by atoms with E-state index in [-0.39, 0.29) is 11.8 Å². The second kappa shape index (κ2) is 12.5. The number of amides is 2. The van der Waals surface area contributed by atoms with Crippen molar-refractivity contribution in [1.29, 1.82) is 0 Å². The summed E-state index contributed by atoms with van der Waals surface area (Å²) in [6.07, 6.45) is 13.2. The van der Waals surface area contributed by atoms with Crippen LogP contribution in [0.1, 0.15) is 64.4 Å². The number of hydrogen-bond acceptors (Lipinski definition) is 4. The molecular weight excluding hydrogens is 450 g/mol. The number of nitrogens with zero attached hydrogens (tertiary/aromatic N) is 4. The van der Waals surface area contributed by atoms with E-state index >= 15 is 0 Å². The Bertz CT molecular complexity index is 951. The quantitative estimate of drug-likeness (QED) is 0.456. The van der Waals surface area contributed by atoms with Crippen molar-refractivity contribution in [1.82, 2.24) is 24.7 Å². The highest BCUT2D eigenvalue weighted by Gasteiger charge is 2.53. The van der Waals surface area contributed by atoms with Gasteiger partial charge in [0.25, 0.3) is 0 Å². The predicted molar refractivity (Wildman–Crippen MR) is 142 cm³/mol. The molecule has 1 aromatic heterocycles. The van der Waals surface area contributed by atoms with Crippen molar-refractivity contribution in [2.45, 2.75) is 83.3 Å². The van der Waals surface area contributed by atoms with Crippen molar-refractivity contribution in [3.8, 4) is 0 Å². The summed E-state index contributed by atoms with van der Waals surface area (Å²) < 4.78 is 2.03. The first-order valence-electron chi connectivity index (χ1n) is 13.8. The number of rotatable bonds is 12. The molecule has 4 rings (SSSR count). The van der Waals surface area contributed by atoms with Gasteiger partial charge in [0.1, 0.15) is 11.6 Å². The van der Waals surface area contributed by atoms with Crippen LogP contribution in [0.4, 0.5) is 0 Å². The van der Waals surface area contributed by atoms with Gasteiger partial charge in [0.2, 0.25) is 11.8 Å². The fourth-order valence-electron chi connectivity index (χ4n) is 5.79. The molecule has 2 aliphatic heterocycles. The van der Waals surface area contributed by atoms with Crippen molar-refractivity contribution in [3.05, 3.63) is 54.6 Å². The molecule has 0 unspecified atom stereocenters. The maximum Gasteiger partial charge on any atom is 0.246 e. The van der Waals surface area contributed by atoms with Gasteiger partial charge in [-0.25, -0.2) is 4.98 Å². The maximum absolute atomic E-state index is 13.6. The van der Waals surface area contributed by atoms with Gasteiger partial charge in [0.15, 0.2) is 0 Å². The SMILES string of the molecule is CC(C)C[C@@H]1NC(=O)C2(CCN(CCCCCc3ccccc3)CC2)N(CCCn2ccnc2)C1=O. The van der Waals surface area contributed by atoms with Crippen molar-refractivity contribution < 1.29 is 9.59 Å². The second-order valence-corrected chi connectivity index (χ2v) is 11.0. The van der Waals surface area contributed by atoms with Gasteiger partial charge in [0, 0.05) is 38.6 Å². The number of imidazole rings is 1. The minimum atomic E-state index is -0.705. The third-order valence-corrected chi connectivity index (χ3v) is 7.84. The standard InChI is InChI=1S/C29H43N5O2/c1-24(2)22-26-27(35)34(18-9-17-33-21-15-30-23-33)29(28(36)31-26)13-19-32(20-14-29)16-8-4-7-12-25-10-5-3-6-11-25/h3,5-6,10-11,15,21,23-24,26H,4,7-9,12-14,16-20,22H2,1-2H3,(H,31,36)/t26-/m0/s1. The van der Waals surface area contributed by atoms with E-state index in [1.807, 2.05) is 15.7 Å². The van der Waals surface area contributed by atoms with Crippen LogP contribution in [0.25, 0.3) is 0 Å². The number of carbonyl (C=O) groups is 2. The minimum absolute atomic E-state index is 0.0536. The number of hydrogen-bond donors (Lipinski definition) is 1. The van der Waals surface area contributed by atoms with Gasteiger partial charge in [0.05, 0.1) is 6.33 Å². The number of piperidine rings is 1. The summed E-state index contributed by atoms with van der Waals surface area (Å²) >= 11 is 0. The van der Waals surface area contributed by atoms with Crippen LogP contribution in [0, 0.1) is 5.92 Å². The number of nitrogens with one attached hydrogen (secondary N) is 1. The molecule has 0 aliphatic carbocycles. The highest BCUT2D eigenvalue weighted by molar-refractivity contribution is 6.00. The Balaban J connectivity index is 1.31. The average molecular weight is 494 g/mol. The first kappa shape index (κ1) is 26.4. The molecule has 7 nitrogen and oxygen atoms in total. The Labute approximate surface area is 216 Å². The Morgan fingerprint density at radius 1 is 1.00 bits per heavy atom. The Kier molecular flexibility index (Phi) is 9.19. The number of aryl methyl sites for hydroxylation is 2. The number of aromatic nitrogens is 2. The van der Waals surface area contributed by atoms with Crippen molar-refractivity contribution in [2.75, 3.05) is 26.2 Å². The summed E-state index contributed by atoms with van der Waals surface area (Å²) in [5, 5.41) is 3.12. The van der Waals surface area contributed by atoms with E-state index in [1.165, 1.54) is 24.8 Å². The van der Waals surface area contributed by atoms with Gasteiger partial charge in [-0.15, -0.1) is 0 Å². The van der Waals surface area contributed by atoms with Crippen LogP contribution < -0.4 is 5.32 Å². The molecule has 1 atom stereocenters. The first-order chi connectivity index (χ1) is 17.5. The van der Waals surface area contributed by atoms with E-state index in [4.69, 9.17) is 0 Å². The number of likely N-dealkylation sites (tertiary alicyclic amines) is 1. The zero-order chi connectivity index (χ0) is 25.4. The first-order valence-corrected chi connectivity index (χ1v) is 13.8. The van der Waals surface area contributed by atoms with Crippen LogP contribution in [0.15, 0.2) is 49.1 Å². The summed E-state index contributed by atoms with van der Waals surface area (Å²) in [7, 11) is 0. The van der Waals surface area contributed by atoms with E-state index in [0.717, 1.165) is 39.0 Å². The summed E-state index contributed by atoms with van der Waals surface area (Å²) in [6.45, 7) is 8.41. The highest BCUT2D eigenvalue weighted by atomic mass is 16.2. The zero-order valence-corrected chi connectivity index (χ0v) is 22.1. The molecule has 7 heteroatoms. The molecule has 0 saturated carbocycles. The lowest BCUT2D eigenvalue weighted by atomic mass is 9.80. The molecule has 2 amide bonds. The summed E-state index contributed by atoms with van der Waals surface area (Å²) in [5.41, 5.74) is 0.706. The smallest absolute Gasteiger partial charge is 0.246 e. The van der Waals surface area contributed by atoms with Gasteiger partial charge in [-0.3, -0.25) is 9.59 Å². The maximum atomic E-state index is 13.6. The molecule has 36 heavy (non-hydrogen) atoms. The lowest BCUT2D eigenvalue weighted by Gasteiger charge is -2.52. The van der Waals surface area contributed by atoms with Crippen LogP contribution in [-0.4, -0.2) is 68.9 Å². The molecule has 196 valence electrons. The lowest BCUT2D eigenvalue weighted by molar-refractivity contribution is -0.161. The molecule has 1 spiro atoms. The van der Waals surface area contributed by atoms with Gasteiger partial charge >= 0.3 is 0 Å². The molecule has 2 fully saturated rings. The van der Waals surface area contributed by atoms with E-state index in [0.29, 0.717) is 31.7 Å². The molecule has 2 aliphatic rings. The molecule has 1 N–H and O–H groups in total. The number of benzene rings is 1. The average Bonchev–Trinajstić information content (AvgIpc) is 3.39. The fraction of sp³-hybridized carbons (Fsp3) is 0.621. The molecule has 2 saturated heterocycles. The monoisotopic (exact) mass is 493 g/mol. The normalized spacial score (nSPS) is 20.3. The van der Waals surface area contributed by atoms with Crippen molar-refractivity contribution in [3.63, 3.8) is 0 Å². The van der Waals surface area contributed by atoms with E-state index < -0.39 is 11.6 Å². The lowest BCUT2D eigenvalue weighted by Crippen LogP contribution is -2.73. The van der Waals surface area contributed by atoms with Crippen LogP contribution in [-0.2, 0) is 22.6 Å². The van der Waals surface area contributed by atoms with E-state index in [1.54, 1.807) is 12.5 Å². The molecule has 0 radical (unpaired) electrons. The van der Waals surface area contributed by atoms with Gasteiger partial charge < -0.3 is 19.7 Å². The molecule has 3 heterocycles. The van der Waals surface area contributed by atoms with Gasteiger partial charge in [-0.05, 0) is 63.0 Å². The Hall–Kier alpha value is -2.67. The summed E-state index contributed by atoms with van der Waals surface area (Å²) in [4.78, 5) is 35.7. The third kappa shape index (κ3) is 6.55. The number of unbranched alkanes of at least 4 members (excludes halogenated alkanes) is 2. The topological polar surface area (TPSA) is 70.5 Å². The van der Waals surface area contributed by atoms with Crippen LogP contribution in [0.5, 0.6) is 0 Å². The van der Waals surface area contributed by atoms with E-state index in [9.17, 15) is 9.59 Å². The van der Waals surface area contributed by atoms with E-state index in [2.05, 4.69) is 59.4 Å². The van der Waals surface area contributed by atoms with Crippen molar-refractivity contribution in [2.24, 2.45) is 5.92 Å². The third-order valence-electron chi connectivity index (χ3n) is 7.84. The zero-order valence-electron chi connectivity index (χ0n) is 22.1. The second-order valence-electron chi connectivity index (χ2n) is 11.0. The Morgan fingerprint density at radius 2 is 1.78 bits per heavy atom. The molecule has 0 bridgehead atoms. The fourth-order valence-corrected chi connectivity index (χ4v) is 5.79. The minimum Gasteiger partial charge on any atom is -0.342 e. The van der Waals surface area contributed by atoms with Crippen molar-refractivity contribution >= 4 is 11.8 Å². The number of carbonyl (C=O) groups excluding carboxylic acids is 2. The summed E-state index contributed by atoms with van der Waals surface area (Å²) in [6, 6.07) is 10.3. The van der Waals surface area contributed by atoms with Crippen LogP contribution in [0.2, 0.25) is 0 Å². The van der Waals surface area contributed by atoms with Gasteiger partial charge in [-0.1, -0.05) is 50.6 Å².